The Labute approximate surface area is 171 Å². The molecule has 0 aliphatic carbocycles. The third-order valence-electron chi connectivity index (χ3n) is 6.38. The van der Waals surface area contributed by atoms with Crippen molar-refractivity contribution in [1.29, 1.82) is 0 Å². The summed E-state index contributed by atoms with van der Waals surface area (Å²) in [5, 5.41) is 0. The highest BCUT2D eigenvalue weighted by molar-refractivity contribution is 5.74. The maximum absolute atomic E-state index is 11.4. The summed E-state index contributed by atoms with van der Waals surface area (Å²) in [4.78, 5) is 22.3. The van der Waals surface area contributed by atoms with Crippen molar-refractivity contribution in [3.63, 3.8) is 0 Å². The van der Waals surface area contributed by atoms with Crippen LogP contribution in [-0.2, 0) is 25.5 Å². The molecule has 4 heteroatoms. The molecular weight excluding hydrogens is 352 g/mol. The van der Waals surface area contributed by atoms with Gasteiger partial charge in [-0.05, 0) is 39.7 Å². The molecule has 0 unspecified atom stereocenters. The van der Waals surface area contributed by atoms with E-state index in [2.05, 4.69) is 32.9 Å². The Kier molecular flexibility index (Phi) is 7.49. The lowest BCUT2D eigenvalue weighted by Crippen LogP contribution is -2.39. The standard InChI is InChI=1S/C14H18O2.C8H14O2.C2H6/c1-13(2)14(3,10-12(15)16-13)9-11-7-5-4-6-8-11;1-7(2)5-6(9)10-8(7,3)4;1-2/h4-8H,9-10H2,1-3H3;5H2,1-4H3;1-2H3/t14-;;/m1../s1. The van der Waals surface area contributed by atoms with Crippen LogP contribution in [0, 0.1) is 10.8 Å². The largest absolute Gasteiger partial charge is 0.459 e. The molecule has 28 heavy (non-hydrogen) atoms. The van der Waals surface area contributed by atoms with E-state index in [1.54, 1.807) is 0 Å². The van der Waals surface area contributed by atoms with E-state index in [1.807, 2.05) is 59.7 Å². The lowest BCUT2D eigenvalue weighted by atomic mass is 9.71. The Morgan fingerprint density at radius 2 is 1.21 bits per heavy atom. The summed E-state index contributed by atoms with van der Waals surface area (Å²) >= 11 is 0. The molecule has 0 spiro atoms. The number of esters is 2. The Hall–Kier alpha value is -1.84. The van der Waals surface area contributed by atoms with Gasteiger partial charge >= 0.3 is 11.9 Å². The predicted octanol–water partition coefficient (Wildman–Crippen LogP) is 5.73. The summed E-state index contributed by atoms with van der Waals surface area (Å²) < 4.78 is 10.5. The molecule has 2 heterocycles. The average Bonchev–Trinajstić information content (AvgIpc) is 2.87. The molecule has 4 nitrogen and oxygen atoms in total. The quantitative estimate of drug-likeness (QED) is 0.606. The molecule has 1 atom stereocenters. The first-order valence-electron chi connectivity index (χ1n) is 10.3. The van der Waals surface area contributed by atoms with Crippen LogP contribution in [0.3, 0.4) is 0 Å². The van der Waals surface area contributed by atoms with Gasteiger partial charge in [-0.3, -0.25) is 9.59 Å². The van der Waals surface area contributed by atoms with E-state index in [9.17, 15) is 9.59 Å². The molecule has 3 rings (SSSR count). The molecule has 0 radical (unpaired) electrons. The van der Waals surface area contributed by atoms with Crippen LogP contribution >= 0.6 is 0 Å². The fraction of sp³-hybridized carbons (Fsp3) is 0.667. The highest BCUT2D eigenvalue weighted by Crippen LogP contribution is 2.46. The number of rotatable bonds is 2. The van der Waals surface area contributed by atoms with Crippen molar-refractivity contribution in [3.8, 4) is 0 Å². The number of carbonyl (C=O) groups is 2. The van der Waals surface area contributed by atoms with Crippen molar-refractivity contribution in [2.45, 2.75) is 92.8 Å². The fourth-order valence-corrected chi connectivity index (χ4v) is 3.33. The second kappa shape index (κ2) is 8.67. The van der Waals surface area contributed by atoms with Gasteiger partial charge in [-0.25, -0.2) is 0 Å². The van der Waals surface area contributed by atoms with E-state index in [-0.39, 0.29) is 34.0 Å². The van der Waals surface area contributed by atoms with Crippen molar-refractivity contribution in [2.24, 2.45) is 10.8 Å². The van der Waals surface area contributed by atoms with Gasteiger partial charge < -0.3 is 9.47 Å². The van der Waals surface area contributed by atoms with Crippen LogP contribution in [0.25, 0.3) is 0 Å². The summed E-state index contributed by atoms with van der Waals surface area (Å²) in [5.74, 6) is -0.154. The summed E-state index contributed by atoms with van der Waals surface area (Å²) in [7, 11) is 0. The van der Waals surface area contributed by atoms with Gasteiger partial charge in [-0.15, -0.1) is 0 Å². The van der Waals surface area contributed by atoms with Crippen LogP contribution in [-0.4, -0.2) is 23.1 Å². The molecule has 2 saturated heterocycles. The van der Waals surface area contributed by atoms with E-state index in [0.29, 0.717) is 12.8 Å². The minimum absolute atomic E-state index is 0.00984. The molecule has 158 valence electrons. The van der Waals surface area contributed by atoms with Crippen molar-refractivity contribution in [1.82, 2.24) is 0 Å². The van der Waals surface area contributed by atoms with E-state index in [0.717, 1.165) is 6.42 Å². The van der Waals surface area contributed by atoms with Gasteiger partial charge in [0.25, 0.3) is 0 Å². The minimum Gasteiger partial charge on any atom is -0.459 e. The first kappa shape index (κ1) is 24.2. The first-order chi connectivity index (χ1) is 12.8. The Morgan fingerprint density at radius 1 is 0.750 bits per heavy atom. The average molecular weight is 391 g/mol. The van der Waals surface area contributed by atoms with Crippen LogP contribution in [0.5, 0.6) is 0 Å². The Bertz CT molecular complexity index is 655. The van der Waals surface area contributed by atoms with Gasteiger partial charge in [-0.2, -0.15) is 0 Å². The number of hydrogen-bond donors (Lipinski definition) is 0. The van der Waals surface area contributed by atoms with E-state index < -0.39 is 0 Å². The minimum atomic E-state index is -0.375. The van der Waals surface area contributed by atoms with Gasteiger partial charge in [0.2, 0.25) is 0 Å². The maximum Gasteiger partial charge on any atom is 0.307 e. The van der Waals surface area contributed by atoms with Gasteiger partial charge in [0, 0.05) is 10.8 Å². The molecule has 2 fully saturated rings. The number of cyclic esters (lactones) is 2. The zero-order chi connectivity index (χ0) is 21.8. The molecular formula is C24H38O4. The van der Waals surface area contributed by atoms with Crippen LogP contribution in [0.4, 0.5) is 0 Å². The smallest absolute Gasteiger partial charge is 0.307 e. The highest BCUT2D eigenvalue weighted by Gasteiger charge is 2.51. The normalized spacial score (nSPS) is 26.2. The second-order valence-corrected chi connectivity index (χ2v) is 9.43. The molecule has 0 N–H and O–H groups in total. The summed E-state index contributed by atoms with van der Waals surface area (Å²) in [6.45, 7) is 18.2. The van der Waals surface area contributed by atoms with Crippen molar-refractivity contribution in [2.75, 3.05) is 0 Å². The van der Waals surface area contributed by atoms with Gasteiger partial charge in [-0.1, -0.05) is 65.0 Å². The second-order valence-electron chi connectivity index (χ2n) is 9.43. The molecule has 0 saturated carbocycles. The first-order valence-corrected chi connectivity index (χ1v) is 10.3. The van der Waals surface area contributed by atoms with E-state index in [1.165, 1.54) is 5.56 Å². The monoisotopic (exact) mass is 390 g/mol. The lowest BCUT2D eigenvalue weighted by Gasteiger charge is -2.35. The van der Waals surface area contributed by atoms with Crippen molar-refractivity contribution >= 4 is 11.9 Å². The maximum atomic E-state index is 11.4. The molecule has 1 aromatic carbocycles. The van der Waals surface area contributed by atoms with Crippen LogP contribution in [0.2, 0.25) is 0 Å². The lowest BCUT2D eigenvalue weighted by molar-refractivity contribution is -0.148. The third kappa shape index (κ3) is 5.36. The number of benzene rings is 1. The number of carbonyl (C=O) groups excluding carboxylic acids is 2. The molecule has 0 amide bonds. The van der Waals surface area contributed by atoms with Gasteiger partial charge in [0.15, 0.2) is 0 Å². The van der Waals surface area contributed by atoms with Crippen LogP contribution in [0.15, 0.2) is 30.3 Å². The Morgan fingerprint density at radius 3 is 1.54 bits per heavy atom. The molecule has 0 aromatic heterocycles. The number of ether oxygens (including phenoxy) is 2. The molecule has 2 aliphatic heterocycles. The van der Waals surface area contributed by atoms with Crippen molar-refractivity contribution < 1.29 is 19.1 Å². The van der Waals surface area contributed by atoms with Gasteiger partial charge in [0.1, 0.15) is 11.2 Å². The summed E-state index contributed by atoms with van der Waals surface area (Å²) in [5.41, 5.74) is 0.482. The van der Waals surface area contributed by atoms with E-state index in [4.69, 9.17) is 9.47 Å². The van der Waals surface area contributed by atoms with Crippen LogP contribution < -0.4 is 0 Å². The zero-order valence-corrected chi connectivity index (χ0v) is 19.1. The zero-order valence-electron chi connectivity index (χ0n) is 19.1. The predicted molar refractivity (Wildman–Crippen MR) is 113 cm³/mol. The summed E-state index contributed by atoms with van der Waals surface area (Å²) in [6.07, 6.45) is 1.93. The SMILES string of the molecule is CC.CC1(C)CC(=O)OC1(C)C.CC1(C)OC(=O)C[C@@]1(C)Cc1ccccc1. The van der Waals surface area contributed by atoms with Crippen LogP contribution in [0.1, 0.15) is 80.7 Å². The molecule has 1 aromatic rings. The van der Waals surface area contributed by atoms with E-state index >= 15 is 0 Å². The molecule has 0 bridgehead atoms. The van der Waals surface area contributed by atoms with Gasteiger partial charge in [0.05, 0.1) is 12.8 Å². The highest BCUT2D eigenvalue weighted by atomic mass is 16.6. The van der Waals surface area contributed by atoms with Crippen molar-refractivity contribution in [3.05, 3.63) is 35.9 Å². The Balaban J connectivity index is 0.000000281. The summed E-state index contributed by atoms with van der Waals surface area (Å²) in [6, 6.07) is 10.3. The third-order valence-corrected chi connectivity index (χ3v) is 6.38. The molecule has 2 aliphatic rings. The number of hydrogen-bond acceptors (Lipinski definition) is 4. The fourth-order valence-electron chi connectivity index (χ4n) is 3.33. The topological polar surface area (TPSA) is 52.6 Å².